The van der Waals surface area contributed by atoms with Crippen LogP contribution in [0.1, 0.15) is 34.1 Å². The molecule has 0 rings (SSSR count). The van der Waals surface area contributed by atoms with Gasteiger partial charge in [-0.15, -0.1) is 0 Å². The first-order valence-corrected chi connectivity index (χ1v) is 6.19. The molecule has 0 unspecified atom stereocenters. The van der Waals surface area contributed by atoms with Gasteiger partial charge in [0.15, 0.2) is 0 Å². The van der Waals surface area contributed by atoms with Crippen LogP contribution in [0, 0.1) is 5.41 Å². The Morgan fingerprint density at radius 3 is 2.18 bits per heavy atom. The lowest BCUT2D eigenvalue weighted by Gasteiger charge is -2.31. The van der Waals surface area contributed by atoms with Crippen LogP contribution >= 0.6 is 15.9 Å². The van der Waals surface area contributed by atoms with Crippen LogP contribution in [0.3, 0.4) is 0 Å². The molecule has 0 aromatic carbocycles. The second-order valence-electron chi connectivity index (χ2n) is 5.45. The molecule has 0 bridgehead atoms. The summed E-state index contributed by atoms with van der Waals surface area (Å²) in [7, 11) is 0. The number of carbonyl (C=O) groups is 2. The number of carboxylic acids is 1. The monoisotopic (exact) mass is 305 g/mol. The zero-order valence-electron chi connectivity index (χ0n) is 10.7. The van der Waals surface area contributed by atoms with Gasteiger partial charge in [-0.1, -0.05) is 43.6 Å². The molecule has 0 aromatic rings. The molecule has 4 nitrogen and oxygen atoms in total. The maximum absolute atomic E-state index is 11.3. The molecule has 1 amide bonds. The molecule has 0 fully saturated rings. The third-order valence-electron chi connectivity index (χ3n) is 2.02. The number of nitrogens with one attached hydrogen (secondary N) is 1. The predicted octanol–water partition coefficient (Wildman–Crippen LogP) is 2.33. The smallest absolute Gasteiger partial charge is 0.328 e. The van der Waals surface area contributed by atoms with Gasteiger partial charge in [-0.25, -0.2) is 4.79 Å². The van der Waals surface area contributed by atoms with Gasteiger partial charge < -0.3 is 10.4 Å². The minimum atomic E-state index is -1.12. The SMILES string of the molecule is CC(C)(Br)CC(C)(C)CNC(=O)/C=C\C(=O)O. The zero-order chi connectivity index (χ0) is 13.7. The van der Waals surface area contributed by atoms with Crippen molar-refractivity contribution in [2.24, 2.45) is 5.41 Å². The molecule has 0 aliphatic carbocycles. The van der Waals surface area contributed by atoms with Crippen LogP contribution in [0.4, 0.5) is 0 Å². The molecule has 98 valence electrons. The van der Waals surface area contributed by atoms with Gasteiger partial charge in [0.05, 0.1) is 0 Å². The number of halogens is 1. The molecular weight excluding hydrogens is 286 g/mol. The van der Waals surface area contributed by atoms with E-state index in [9.17, 15) is 9.59 Å². The maximum atomic E-state index is 11.3. The molecule has 2 N–H and O–H groups in total. The second-order valence-corrected chi connectivity index (χ2v) is 7.60. The van der Waals surface area contributed by atoms with E-state index in [1.54, 1.807) is 0 Å². The average molecular weight is 306 g/mol. The van der Waals surface area contributed by atoms with Crippen molar-refractivity contribution in [3.05, 3.63) is 12.2 Å². The third kappa shape index (κ3) is 10.1. The van der Waals surface area contributed by atoms with Gasteiger partial charge in [0.2, 0.25) is 5.91 Å². The predicted molar refractivity (Wildman–Crippen MR) is 71.2 cm³/mol. The molecule has 0 saturated heterocycles. The van der Waals surface area contributed by atoms with Crippen LogP contribution in [-0.2, 0) is 9.59 Å². The molecular formula is C12H20BrNO3. The Balaban J connectivity index is 4.18. The number of amides is 1. The topological polar surface area (TPSA) is 66.4 Å². The minimum Gasteiger partial charge on any atom is -0.478 e. The van der Waals surface area contributed by atoms with Crippen molar-refractivity contribution < 1.29 is 14.7 Å². The molecule has 0 radical (unpaired) electrons. The van der Waals surface area contributed by atoms with E-state index >= 15 is 0 Å². The molecule has 0 spiro atoms. The summed E-state index contributed by atoms with van der Waals surface area (Å²) in [6.45, 7) is 8.75. The van der Waals surface area contributed by atoms with Gasteiger partial charge in [0, 0.05) is 23.0 Å². The van der Waals surface area contributed by atoms with E-state index in [1.807, 2.05) is 0 Å². The fourth-order valence-corrected chi connectivity index (χ4v) is 2.49. The van der Waals surface area contributed by atoms with Crippen LogP contribution in [-0.4, -0.2) is 27.9 Å². The Morgan fingerprint density at radius 1 is 1.24 bits per heavy atom. The van der Waals surface area contributed by atoms with Crippen molar-refractivity contribution in [2.45, 2.75) is 38.4 Å². The summed E-state index contributed by atoms with van der Waals surface area (Å²) >= 11 is 3.57. The molecule has 5 heteroatoms. The highest BCUT2D eigenvalue weighted by Gasteiger charge is 2.26. The van der Waals surface area contributed by atoms with E-state index in [-0.39, 0.29) is 15.6 Å². The number of carboxylic acid groups (broad SMARTS) is 1. The lowest BCUT2D eigenvalue weighted by molar-refractivity contribution is -0.131. The molecule has 0 aliphatic rings. The van der Waals surface area contributed by atoms with E-state index in [0.717, 1.165) is 18.6 Å². The highest BCUT2D eigenvalue weighted by molar-refractivity contribution is 9.10. The lowest BCUT2D eigenvalue weighted by Crippen LogP contribution is -2.36. The number of carbonyl (C=O) groups excluding carboxylic acids is 1. The quantitative estimate of drug-likeness (QED) is 0.584. The Hall–Kier alpha value is -0.840. The van der Waals surface area contributed by atoms with Crippen LogP contribution in [0.15, 0.2) is 12.2 Å². The van der Waals surface area contributed by atoms with Gasteiger partial charge in [-0.2, -0.15) is 0 Å². The van der Waals surface area contributed by atoms with Gasteiger partial charge in [0.25, 0.3) is 0 Å². The number of hydrogen-bond acceptors (Lipinski definition) is 2. The zero-order valence-corrected chi connectivity index (χ0v) is 12.3. The van der Waals surface area contributed by atoms with Crippen molar-refractivity contribution in [3.63, 3.8) is 0 Å². The fourth-order valence-electron chi connectivity index (χ4n) is 1.73. The van der Waals surface area contributed by atoms with Gasteiger partial charge in [-0.3, -0.25) is 4.79 Å². The summed E-state index contributed by atoms with van der Waals surface area (Å²) in [5, 5.41) is 11.1. The van der Waals surface area contributed by atoms with E-state index in [2.05, 4.69) is 48.9 Å². The molecule has 0 saturated carbocycles. The lowest BCUT2D eigenvalue weighted by atomic mass is 9.84. The first-order valence-electron chi connectivity index (χ1n) is 5.40. The van der Waals surface area contributed by atoms with E-state index in [4.69, 9.17) is 5.11 Å². The highest BCUT2D eigenvalue weighted by Crippen LogP contribution is 2.32. The Bertz CT molecular complexity index is 316. The maximum Gasteiger partial charge on any atom is 0.328 e. The van der Waals surface area contributed by atoms with Crippen molar-refractivity contribution in [1.82, 2.24) is 5.32 Å². The third-order valence-corrected chi connectivity index (χ3v) is 2.30. The summed E-state index contributed by atoms with van der Waals surface area (Å²) < 4.78 is 0.0120. The van der Waals surface area contributed by atoms with Crippen molar-refractivity contribution in [1.29, 1.82) is 0 Å². The molecule has 17 heavy (non-hydrogen) atoms. The van der Waals surface area contributed by atoms with E-state index in [1.165, 1.54) is 0 Å². The van der Waals surface area contributed by atoms with E-state index in [0.29, 0.717) is 6.54 Å². The number of aliphatic carboxylic acids is 1. The number of hydrogen-bond donors (Lipinski definition) is 2. The Morgan fingerprint density at radius 2 is 1.76 bits per heavy atom. The standard InChI is InChI=1S/C12H20BrNO3/c1-11(2,7-12(3,4)13)8-14-9(15)5-6-10(16)17/h5-6H,7-8H2,1-4H3,(H,14,15)(H,16,17)/b6-5-. The molecule has 0 atom stereocenters. The van der Waals surface area contributed by atoms with Crippen molar-refractivity contribution in [3.8, 4) is 0 Å². The molecule has 0 heterocycles. The first kappa shape index (κ1) is 16.2. The molecule has 0 aromatic heterocycles. The normalized spacial score (nSPS) is 12.8. The van der Waals surface area contributed by atoms with Gasteiger partial charge in [0.1, 0.15) is 0 Å². The summed E-state index contributed by atoms with van der Waals surface area (Å²) in [5.74, 6) is -1.51. The second kappa shape index (κ2) is 6.19. The van der Waals surface area contributed by atoms with Gasteiger partial charge in [-0.05, 0) is 11.8 Å². The van der Waals surface area contributed by atoms with Crippen molar-refractivity contribution in [2.75, 3.05) is 6.54 Å². The minimum absolute atomic E-state index is 0.0120. The molecule has 0 aliphatic heterocycles. The van der Waals surface area contributed by atoms with E-state index < -0.39 is 5.97 Å². The van der Waals surface area contributed by atoms with Crippen LogP contribution in [0.25, 0.3) is 0 Å². The average Bonchev–Trinajstić information content (AvgIpc) is 2.07. The van der Waals surface area contributed by atoms with Crippen LogP contribution in [0.2, 0.25) is 0 Å². The van der Waals surface area contributed by atoms with Crippen molar-refractivity contribution >= 4 is 27.8 Å². The summed E-state index contributed by atoms with van der Waals surface area (Å²) in [4.78, 5) is 21.5. The highest BCUT2D eigenvalue weighted by atomic mass is 79.9. The number of alkyl halides is 1. The van der Waals surface area contributed by atoms with Crippen LogP contribution < -0.4 is 5.32 Å². The Labute approximate surface area is 111 Å². The summed E-state index contributed by atoms with van der Waals surface area (Å²) in [6, 6.07) is 0. The summed E-state index contributed by atoms with van der Waals surface area (Å²) in [5.41, 5.74) is -0.0558. The summed E-state index contributed by atoms with van der Waals surface area (Å²) in [6.07, 6.45) is 2.75. The van der Waals surface area contributed by atoms with Crippen LogP contribution in [0.5, 0.6) is 0 Å². The Kier molecular flexibility index (Phi) is 5.88. The first-order chi connectivity index (χ1) is 7.52. The number of rotatable bonds is 6. The fraction of sp³-hybridized carbons (Fsp3) is 0.667. The van der Waals surface area contributed by atoms with Gasteiger partial charge >= 0.3 is 5.97 Å². The largest absolute Gasteiger partial charge is 0.478 e.